The molecule has 3 nitrogen and oxygen atoms in total. The van der Waals surface area contributed by atoms with E-state index in [0.717, 1.165) is 5.46 Å². The third-order valence-electron chi connectivity index (χ3n) is 1.40. The lowest BCUT2D eigenvalue weighted by Gasteiger charge is -2.13. The van der Waals surface area contributed by atoms with E-state index in [2.05, 4.69) is 0 Å². The first-order valence-corrected chi connectivity index (χ1v) is 3.77. The molecule has 0 aliphatic carbocycles. The Hall–Kier alpha value is -0.835. The van der Waals surface area contributed by atoms with Gasteiger partial charge in [-0.15, -0.1) is 0 Å². The minimum absolute atomic E-state index is 0.756. The second-order valence-corrected chi connectivity index (χ2v) is 2.68. The van der Waals surface area contributed by atoms with Gasteiger partial charge in [0.1, 0.15) is 0 Å². The van der Waals surface area contributed by atoms with E-state index in [4.69, 9.17) is 4.76 Å². The summed E-state index contributed by atoms with van der Waals surface area (Å²) in [6.45, 7) is 0. The van der Waals surface area contributed by atoms with E-state index >= 15 is 0 Å². The molecule has 1 aromatic carbocycles. The standard InChI is InChI=1S/C8H12BNO2/c1-10(2)12-9(11)8-6-4-3-5-7-8/h3-7,11H,1-2H3. The first-order chi connectivity index (χ1) is 5.70. The highest BCUT2D eigenvalue weighted by Gasteiger charge is 2.16. The van der Waals surface area contributed by atoms with E-state index in [0.29, 0.717) is 0 Å². The Kier molecular flexibility index (Phi) is 3.28. The van der Waals surface area contributed by atoms with Crippen molar-refractivity contribution >= 4 is 12.6 Å². The predicted octanol–water partition coefficient (Wildman–Crippen LogP) is -0.133. The van der Waals surface area contributed by atoms with E-state index in [1.165, 1.54) is 5.06 Å². The van der Waals surface area contributed by atoms with Crippen LogP contribution in [0.3, 0.4) is 0 Å². The quantitative estimate of drug-likeness (QED) is 0.500. The Bertz CT molecular complexity index is 228. The fourth-order valence-corrected chi connectivity index (χ4v) is 0.878. The van der Waals surface area contributed by atoms with Gasteiger partial charge >= 0.3 is 7.12 Å². The Morgan fingerprint density at radius 3 is 2.33 bits per heavy atom. The molecule has 0 spiro atoms. The van der Waals surface area contributed by atoms with Gasteiger partial charge in [0.2, 0.25) is 0 Å². The van der Waals surface area contributed by atoms with Crippen LogP contribution in [0.4, 0.5) is 0 Å². The number of benzene rings is 1. The van der Waals surface area contributed by atoms with Crippen molar-refractivity contribution in [2.24, 2.45) is 0 Å². The maximum Gasteiger partial charge on any atom is 0.508 e. The molecule has 0 saturated carbocycles. The van der Waals surface area contributed by atoms with Crippen molar-refractivity contribution in [2.75, 3.05) is 14.1 Å². The highest BCUT2D eigenvalue weighted by molar-refractivity contribution is 6.59. The molecule has 4 heteroatoms. The van der Waals surface area contributed by atoms with Gasteiger partial charge in [0.25, 0.3) is 0 Å². The van der Waals surface area contributed by atoms with E-state index in [1.807, 2.05) is 30.3 Å². The monoisotopic (exact) mass is 165 g/mol. The van der Waals surface area contributed by atoms with Gasteiger partial charge in [0.05, 0.1) is 0 Å². The van der Waals surface area contributed by atoms with E-state index in [1.54, 1.807) is 14.1 Å². The number of nitrogens with zero attached hydrogens (tertiary/aromatic N) is 1. The van der Waals surface area contributed by atoms with Gasteiger partial charge in [-0.1, -0.05) is 30.3 Å². The molecule has 1 aromatic rings. The van der Waals surface area contributed by atoms with Crippen LogP contribution in [0.25, 0.3) is 0 Å². The summed E-state index contributed by atoms with van der Waals surface area (Å²) in [6.07, 6.45) is 0. The zero-order valence-corrected chi connectivity index (χ0v) is 7.27. The molecular formula is C8H12BNO2. The molecule has 0 atom stereocenters. The number of hydrogen-bond acceptors (Lipinski definition) is 3. The molecule has 0 aliphatic rings. The van der Waals surface area contributed by atoms with E-state index in [9.17, 15) is 5.02 Å². The molecular weight excluding hydrogens is 153 g/mol. The smallest absolute Gasteiger partial charge is 0.422 e. The third-order valence-corrected chi connectivity index (χ3v) is 1.40. The minimum atomic E-state index is -0.874. The summed E-state index contributed by atoms with van der Waals surface area (Å²) in [4.78, 5) is 0. The Labute approximate surface area is 72.7 Å². The van der Waals surface area contributed by atoms with Gasteiger partial charge in [-0.05, 0) is 5.46 Å². The summed E-state index contributed by atoms with van der Waals surface area (Å²) in [5, 5.41) is 10.9. The van der Waals surface area contributed by atoms with Crippen molar-refractivity contribution in [1.82, 2.24) is 5.06 Å². The maximum absolute atomic E-state index is 9.43. The second-order valence-electron chi connectivity index (χ2n) is 2.68. The zero-order valence-electron chi connectivity index (χ0n) is 7.27. The average molecular weight is 165 g/mol. The molecule has 0 radical (unpaired) electrons. The molecule has 0 heterocycles. The molecule has 0 fully saturated rings. The van der Waals surface area contributed by atoms with Gasteiger partial charge in [0, 0.05) is 14.1 Å². The summed E-state index contributed by atoms with van der Waals surface area (Å²) < 4.78 is 5.03. The van der Waals surface area contributed by atoms with Crippen molar-refractivity contribution in [3.63, 3.8) is 0 Å². The minimum Gasteiger partial charge on any atom is -0.422 e. The van der Waals surface area contributed by atoms with Crippen molar-refractivity contribution < 1.29 is 9.78 Å². The van der Waals surface area contributed by atoms with Crippen molar-refractivity contribution in [1.29, 1.82) is 0 Å². The number of rotatable bonds is 3. The molecule has 0 unspecified atom stereocenters. The summed E-state index contributed by atoms with van der Waals surface area (Å²) in [6, 6.07) is 9.24. The topological polar surface area (TPSA) is 32.7 Å². The van der Waals surface area contributed by atoms with Crippen LogP contribution in [0.2, 0.25) is 0 Å². The normalized spacial score (nSPS) is 10.3. The first kappa shape index (κ1) is 9.25. The summed E-state index contributed by atoms with van der Waals surface area (Å²) in [7, 11) is 2.58. The van der Waals surface area contributed by atoms with Crippen LogP contribution >= 0.6 is 0 Å². The Morgan fingerprint density at radius 1 is 1.25 bits per heavy atom. The molecule has 1 N–H and O–H groups in total. The SMILES string of the molecule is CN(C)OB(O)c1ccccc1. The lowest BCUT2D eigenvalue weighted by Crippen LogP contribution is -2.37. The molecule has 0 bridgehead atoms. The highest BCUT2D eigenvalue weighted by atomic mass is 16.7. The Balaban J connectivity index is 2.59. The van der Waals surface area contributed by atoms with Crippen molar-refractivity contribution in [3.05, 3.63) is 30.3 Å². The molecule has 0 saturated heterocycles. The van der Waals surface area contributed by atoms with Crippen LogP contribution < -0.4 is 5.46 Å². The van der Waals surface area contributed by atoms with Gasteiger partial charge in [-0.3, -0.25) is 0 Å². The van der Waals surface area contributed by atoms with Crippen LogP contribution in [-0.4, -0.2) is 31.3 Å². The van der Waals surface area contributed by atoms with E-state index < -0.39 is 7.12 Å². The predicted molar refractivity (Wildman–Crippen MR) is 48.8 cm³/mol. The molecule has 0 aliphatic heterocycles. The highest BCUT2D eigenvalue weighted by Crippen LogP contribution is 1.88. The fraction of sp³-hybridized carbons (Fsp3) is 0.250. The van der Waals surface area contributed by atoms with Crippen LogP contribution in [0.1, 0.15) is 0 Å². The summed E-state index contributed by atoms with van der Waals surface area (Å²) in [5.74, 6) is 0. The van der Waals surface area contributed by atoms with Gasteiger partial charge in [-0.25, -0.2) is 5.06 Å². The zero-order chi connectivity index (χ0) is 8.97. The first-order valence-electron chi connectivity index (χ1n) is 3.77. The summed E-state index contributed by atoms with van der Waals surface area (Å²) >= 11 is 0. The largest absolute Gasteiger partial charge is 0.508 e. The molecule has 12 heavy (non-hydrogen) atoms. The summed E-state index contributed by atoms with van der Waals surface area (Å²) in [5.41, 5.74) is 0.756. The second kappa shape index (κ2) is 4.26. The van der Waals surface area contributed by atoms with Gasteiger partial charge < -0.3 is 9.78 Å². The molecule has 0 aromatic heterocycles. The van der Waals surface area contributed by atoms with Gasteiger partial charge in [0.15, 0.2) is 0 Å². The lowest BCUT2D eigenvalue weighted by molar-refractivity contribution is -0.0217. The molecule has 64 valence electrons. The number of hydrogen-bond donors (Lipinski definition) is 1. The average Bonchev–Trinajstić information content (AvgIpc) is 2.05. The number of hydroxylamine groups is 2. The van der Waals surface area contributed by atoms with Crippen LogP contribution in [0, 0.1) is 0 Å². The van der Waals surface area contributed by atoms with Crippen LogP contribution in [0.15, 0.2) is 30.3 Å². The van der Waals surface area contributed by atoms with Crippen LogP contribution in [0.5, 0.6) is 0 Å². The Morgan fingerprint density at radius 2 is 1.83 bits per heavy atom. The molecule has 1 rings (SSSR count). The van der Waals surface area contributed by atoms with Crippen molar-refractivity contribution in [3.8, 4) is 0 Å². The third kappa shape index (κ3) is 2.66. The van der Waals surface area contributed by atoms with Crippen LogP contribution in [-0.2, 0) is 4.76 Å². The fourth-order valence-electron chi connectivity index (χ4n) is 0.878. The van der Waals surface area contributed by atoms with E-state index in [-0.39, 0.29) is 0 Å². The maximum atomic E-state index is 9.43. The molecule has 0 amide bonds. The van der Waals surface area contributed by atoms with Crippen molar-refractivity contribution in [2.45, 2.75) is 0 Å². The lowest BCUT2D eigenvalue weighted by atomic mass is 9.80. The van der Waals surface area contributed by atoms with Gasteiger partial charge in [-0.2, -0.15) is 0 Å².